The predicted octanol–water partition coefficient (Wildman–Crippen LogP) is 3.04. The van der Waals surface area contributed by atoms with Gasteiger partial charge in [0.25, 0.3) is 0 Å². The Morgan fingerprint density at radius 1 is 1.14 bits per heavy atom. The zero-order chi connectivity index (χ0) is 15.4. The molecule has 5 heteroatoms. The molecule has 22 heavy (non-hydrogen) atoms. The van der Waals surface area contributed by atoms with Crippen LogP contribution in [0.5, 0.6) is 0 Å². The molecule has 1 aliphatic heterocycles. The van der Waals surface area contributed by atoms with Gasteiger partial charge in [0.2, 0.25) is 0 Å². The van der Waals surface area contributed by atoms with E-state index in [9.17, 15) is 4.39 Å². The number of aromatic nitrogens is 2. The molecule has 0 spiro atoms. The van der Waals surface area contributed by atoms with Gasteiger partial charge in [-0.1, -0.05) is 12.1 Å². The van der Waals surface area contributed by atoms with Crippen molar-refractivity contribution in [2.75, 3.05) is 25.5 Å². The third-order valence-corrected chi connectivity index (χ3v) is 4.21. The minimum Gasteiger partial charge on any atom is -0.364 e. The fourth-order valence-corrected chi connectivity index (χ4v) is 2.85. The molecule has 1 saturated heterocycles. The maximum Gasteiger partial charge on any atom is 0.148 e. The lowest BCUT2D eigenvalue weighted by Gasteiger charge is -2.29. The van der Waals surface area contributed by atoms with Gasteiger partial charge in [0.05, 0.1) is 5.69 Å². The summed E-state index contributed by atoms with van der Waals surface area (Å²) >= 11 is 0. The Kier molecular flexibility index (Phi) is 4.63. The van der Waals surface area contributed by atoms with Crippen LogP contribution >= 0.6 is 0 Å². The molecule has 0 unspecified atom stereocenters. The molecule has 2 aromatic rings. The molecule has 1 aliphatic rings. The highest BCUT2D eigenvalue weighted by atomic mass is 19.1. The van der Waals surface area contributed by atoms with Crippen LogP contribution in [0.25, 0.3) is 0 Å². The van der Waals surface area contributed by atoms with Crippen LogP contribution in [0.3, 0.4) is 0 Å². The van der Waals surface area contributed by atoms with Gasteiger partial charge in [-0.05, 0) is 50.7 Å². The largest absolute Gasteiger partial charge is 0.364 e. The van der Waals surface area contributed by atoms with Crippen LogP contribution < -0.4 is 5.32 Å². The number of hydrogen-bond acceptors (Lipinski definition) is 4. The minimum atomic E-state index is -0.213. The Morgan fingerprint density at radius 3 is 2.55 bits per heavy atom. The Balaban J connectivity index is 1.69. The van der Waals surface area contributed by atoms with E-state index in [4.69, 9.17) is 0 Å². The lowest BCUT2D eigenvalue weighted by molar-refractivity contribution is 0.253. The van der Waals surface area contributed by atoms with Crippen molar-refractivity contribution in [2.24, 2.45) is 0 Å². The molecular formula is C17H21FN4. The summed E-state index contributed by atoms with van der Waals surface area (Å²) in [6.45, 7) is 2.82. The fraction of sp³-hybridized carbons (Fsp3) is 0.412. The van der Waals surface area contributed by atoms with E-state index in [0.717, 1.165) is 43.0 Å². The normalized spacial score (nSPS) is 16.6. The molecule has 1 fully saturated rings. The average molecular weight is 300 g/mol. The van der Waals surface area contributed by atoms with E-state index < -0.39 is 0 Å². The van der Waals surface area contributed by atoms with Crippen molar-refractivity contribution in [2.45, 2.75) is 25.3 Å². The van der Waals surface area contributed by atoms with Gasteiger partial charge in [0.15, 0.2) is 0 Å². The quantitative estimate of drug-likeness (QED) is 0.942. The second-order valence-electron chi connectivity index (χ2n) is 5.85. The molecule has 1 aromatic carbocycles. The van der Waals surface area contributed by atoms with Crippen molar-refractivity contribution in [3.05, 3.63) is 53.7 Å². The average Bonchev–Trinajstić information content (AvgIpc) is 2.55. The highest BCUT2D eigenvalue weighted by Crippen LogP contribution is 2.29. The van der Waals surface area contributed by atoms with Crippen LogP contribution in [0.15, 0.2) is 36.7 Å². The lowest BCUT2D eigenvalue weighted by Crippen LogP contribution is -2.30. The number of piperidine rings is 1. The van der Waals surface area contributed by atoms with Crippen molar-refractivity contribution in [1.29, 1.82) is 0 Å². The van der Waals surface area contributed by atoms with Gasteiger partial charge in [0.1, 0.15) is 11.6 Å². The van der Waals surface area contributed by atoms with E-state index in [1.807, 2.05) is 0 Å². The molecule has 0 atom stereocenters. The maximum absolute atomic E-state index is 12.9. The molecule has 0 aliphatic carbocycles. The van der Waals surface area contributed by atoms with Crippen LogP contribution in [-0.4, -0.2) is 35.0 Å². The highest BCUT2D eigenvalue weighted by Gasteiger charge is 2.22. The highest BCUT2D eigenvalue weighted by molar-refractivity contribution is 5.42. The number of halogens is 1. The van der Waals surface area contributed by atoms with Gasteiger partial charge in [-0.3, -0.25) is 4.98 Å². The zero-order valence-corrected chi connectivity index (χ0v) is 12.8. The van der Waals surface area contributed by atoms with E-state index in [2.05, 4.69) is 27.2 Å². The summed E-state index contributed by atoms with van der Waals surface area (Å²) in [6, 6.07) is 6.53. The first-order chi connectivity index (χ1) is 10.7. The first kappa shape index (κ1) is 14.9. The Morgan fingerprint density at radius 2 is 1.82 bits per heavy atom. The summed E-state index contributed by atoms with van der Waals surface area (Å²) < 4.78 is 12.9. The molecule has 0 bridgehead atoms. The molecule has 3 rings (SSSR count). The van der Waals surface area contributed by atoms with Gasteiger partial charge < -0.3 is 10.2 Å². The SMILES string of the molecule is CN1CCC(c2nccnc2NCc2ccc(F)cc2)CC1. The molecule has 1 N–H and O–H groups in total. The summed E-state index contributed by atoms with van der Waals surface area (Å²) in [4.78, 5) is 11.3. The van der Waals surface area contributed by atoms with E-state index in [-0.39, 0.29) is 5.82 Å². The van der Waals surface area contributed by atoms with E-state index in [0.29, 0.717) is 12.5 Å². The summed E-state index contributed by atoms with van der Waals surface area (Å²) in [6.07, 6.45) is 5.70. The van der Waals surface area contributed by atoms with Crippen LogP contribution in [0.2, 0.25) is 0 Å². The molecule has 1 aromatic heterocycles. The van der Waals surface area contributed by atoms with Crippen LogP contribution in [0, 0.1) is 5.82 Å². The smallest absolute Gasteiger partial charge is 0.148 e. The number of benzene rings is 1. The second kappa shape index (κ2) is 6.83. The molecule has 2 heterocycles. The van der Waals surface area contributed by atoms with Crippen molar-refractivity contribution in [3.8, 4) is 0 Å². The summed E-state index contributed by atoms with van der Waals surface area (Å²) in [7, 11) is 2.15. The van der Waals surface area contributed by atoms with Gasteiger partial charge >= 0.3 is 0 Å². The van der Waals surface area contributed by atoms with Crippen molar-refractivity contribution < 1.29 is 4.39 Å². The minimum absolute atomic E-state index is 0.213. The van der Waals surface area contributed by atoms with Gasteiger partial charge in [-0.25, -0.2) is 9.37 Å². The number of likely N-dealkylation sites (tertiary alicyclic amines) is 1. The number of hydrogen-bond donors (Lipinski definition) is 1. The summed E-state index contributed by atoms with van der Waals surface area (Å²) in [5, 5.41) is 3.35. The number of rotatable bonds is 4. The van der Waals surface area contributed by atoms with Crippen molar-refractivity contribution >= 4 is 5.82 Å². The lowest BCUT2D eigenvalue weighted by atomic mass is 9.93. The van der Waals surface area contributed by atoms with Crippen molar-refractivity contribution in [1.82, 2.24) is 14.9 Å². The number of anilines is 1. The van der Waals surface area contributed by atoms with Crippen LogP contribution in [0.1, 0.15) is 30.0 Å². The van der Waals surface area contributed by atoms with Gasteiger partial charge in [0, 0.05) is 24.9 Å². The molecule has 0 radical (unpaired) electrons. The van der Waals surface area contributed by atoms with E-state index in [1.54, 1.807) is 24.5 Å². The molecule has 0 amide bonds. The maximum atomic E-state index is 12.9. The number of nitrogens with zero attached hydrogens (tertiary/aromatic N) is 3. The molecular weight excluding hydrogens is 279 g/mol. The topological polar surface area (TPSA) is 41.1 Å². The molecule has 0 saturated carbocycles. The molecule has 116 valence electrons. The first-order valence-electron chi connectivity index (χ1n) is 7.70. The zero-order valence-electron chi connectivity index (χ0n) is 12.8. The van der Waals surface area contributed by atoms with Crippen LogP contribution in [0.4, 0.5) is 10.2 Å². The predicted molar refractivity (Wildman–Crippen MR) is 85.2 cm³/mol. The van der Waals surface area contributed by atoms with Gasteiger partial charge in [-0.2, -0.15) is 0 Å². The van der Waals surface area contributed by atoms with E-state index in [1.165, 1.54) is 12.1 Å². The van der Waals surface area contributed by atoms with Crippen LogP contribution in [-0.2, 0) is 6.54 Å². The van der Waals surface area contributed by atoms with Crippen molar-refractivity contribution in [3.63, 3.8) is 0 Å². The Labute approximate surface area is 130 Å². The fourth-order valence-electron chi connectivity index (χ4n) is 2.85. The van der Waals surface area contributed by atoms with Gasteiger partial charge in [-0.15, -0.1) is 0 Å². The Bertz CT molecular complexity index is 606. The Hall–Kier alpha value is -2.01. The standard InChI is InChI=1S/C17H21FN4/c1-22-10-6-14(7-11-22)16-17(20-9-8-19-16)21-12-13-2-4-15(18)5-3-13/h2-5,8-9,14H,6-7,10-12H2,1H3,(H,20,21). The number of nitrogens with one attached hydrogen (secondary N) is 1. The monoisotopic (exact) mass is 300 g/mol. The van der Waals surface area contributed by atoms with E-state index >= 15 is 0 Å². The summed E-state index contributed by atoms with van der Waals surface area (Å²) in [5.74, 6) is 1.09. The summed E-state index contributed by atoms with van der Waals surface area (Å²) in [5.41, 5.74) is 2.08. The third-order valence-electron chi connectivity index (χ3n) is 4.21. The third kappa shape index (κ3) is 3.60. The second-order valence-corrected chi connectivity index (χ2v) is 5.85. The molecule has 4 nitrogen and oxygen atoms in total. The first-order valence-corrected chi connectivity index (χ1v) is 7.70.